The molecule has 18 nitrogen and oxygen atoms in total. The maximum absolute atomic E-state index is 14.1. The Morgan fingerprint density at radius 1 is 0.969 bits per heavy atom. The molecule has 5 N–H and O–H groups in total. The summed E-state index contributed by atoms with van der Waals surface area (Å²) >= 11 is 12.4. The highest BCUT2D eigenvalue weighted by Gasteiger charge is 2.45. The molecule has 0 spiro atoms. The quantitative estimate of drug-likeness (QED) is 0.0751. The van der Waals surface area contributed by atoms with Crippen molar-refractivity contribution in [3.05, 3.63) is 104 Å². The molecule has 3 aliphatic heterocycles. The second-order valence-corrected chi connectivity index (χ2v) is 16.5. The number of hydrogen-bond acceptors (Lipinski definition) is 13. The number of carbonyl (C=O) groups excluding carboxylic acids is 7. The Bertz CT molecular complexity index is 2570. The van der Waals surface area contributed by atoms with Crippen LogP contribution in [-0.4, -0.2) is 117 Å². The molecule has 65 heavy (non-hydrogen) atoms. The van der Waals surface area contributed by atoms with Crippen molar-refractivity contribution in [3.63, 3.8) is 0 Å². The van der Waals surface area contributed by atoms with Gasteiger partial charge in [-0.3, -0.25) is 43.8 Å². The number of hydrogen-bond donors (Lipinski definition) is 4. The van der Waals surface area contributed by atoms with Gasteiger partial charge in [0.1, 0.15) is 18.0 Å². The summed E-state index contributed by atoms with van der Waals surface area (Å²) in [7, 11) is 0. The molecule has 4 aromatic rings. The van der Waals surface area contributed by atoms with Crippen LogP contribution in [0.25, 0.3) is 0 Å². The van der Waals surface area contributed by atoms with Gasteiger partial charge in [0.25, 0.3) is 23.6 Å². The smallest absolute Gasteiger partial charge is 0.276 e. The van der Waals surface area contributed by atoms with Gasteiger partial charge in [-0.2, -0.15) is 0 Å². The van der Waals surface area contributed by atoms with Crippen LogP contribution in [0.5, 0.6) is 5.75 Å². The van der Waals surface area contributed by atoms with Crippen LogP contribution in [-0.2, 0) is 19.1 Å². The van der Waals surface area contributed by atoms with Crippen LogP contribution in [0.2, 0.25) is 10.0 Å². The van der Waals surface area contributed by atoms with Crippen LogP contribution in [0.15, 0.2) is 60.7 Å². The number of benzene rings is 3. The van der Waals surface area contributed by atoms with E-state index in [9.17, 15) is 38.0 Å². The van der Waals surface area contributed by atoms with Crippen LogP contribution >= 0.6 is 23.2 Å². The summed E-state index contributed by atoms with van der Waals surface area (Å²) in [6, 6.07) is 13.2. The third-order valence-electron chi connectivity index (χ3n) is 11.2. The van der Waals surface area contributed by atoms with Gasteiger partial charge in [0.15, 0.2) is 17.3 Å². The Labute approximate surface area is 381 Å². The lowest BCUT2D eigenvalue weighted by Gasteiger charge is -2.44. The molecule has 0 bridgehead atoms. The van der Waals surface area contributed by atoms with E-state index in [1.807, 2.05) is 13.8 Å². The summed E-state index contributed by atoms with van der Waals surface area (Å²) in [5, 5.41) is 15.6. The predicted octanol–water partition coefficient (Wildman–Crippen LogP) is 4.88. The lowest BCUT2D eigenvalue weighted by molar-refractivity contribution is -0.139. The molecule has 4 heterocycles. The first-order valence-corrected chi connectivity index (χ1v) is 21.4. The van der Waals surface area contributed by atoms with E-state index < -0.39 is 47.5 Å². The number of amides is 7. The molecule has 4 atom stereocenters. The number of piperidine rings is 1. The van der Waals surface area contributed by atoms with Gasteiger partial charge in [0.2, 0.25) is 17.7 Å². The largest absolute Gasteiger partial charge is 0.482 e. The van der Waals surface area contributed by atoms with Gasteiger partial charge in [0, 0.05) is 71.7 Å². The summed E-state index contributed by atoms with van der Waals surface area (Å²) in [6.45, 7) is 6.45. The van der Waals surface area contributed by atoms with Crippen molar-refractivity contribution < 1.29 is 47.4 Å². The number of fused-ring (bicyclic) bond motifs is 1. The number of nitrogens with zero attached hydrogens (tertiary/aromatic N) is 5. The standard InChI is InChI=1S/C44H44Cl2FN9O9/c1-22-20-54(42(61)25-7-9-26(10-8-25)50-40(59)31-19-33(39(48)53-52-31)65-24(3)36-28(45)11-12-29(47)38(36)46)21-23(2)55(22)35(58)15-17-64-18-16-49-30-6-4-5-27-37(30)44(63)56(43(27)62)32-13-14-34(57)51-41(32)60/h4-12,19,22-24,32,49H,13-18,20-21H2,1-3H3,(H2,48,53)(H,50,59)(H,51,57,60)/t22-,23+,24?,32?. The first-order valence-electron chi connectivity index (χ1n) is 20.6. The van der Waals surface area contributed by atoms with Crippen molar-refractivity contribution in [3.8, 4) is 5.75 Å². The highest BCUT2D eigenvalue weighted by atomic mass is 35.5. The van der Waals surface area contributed by atoms with Gasteiger partial charge in [-0.15, -0.1) is 10.2 Å². The predicted molar refractivity (Wildman–Crippen MR) is 235 cm³/mol. The van der Waals surface area contributed by atoms with E-state index in [1.165, 1.54) is 18.2 Å². The normalized spacial score (nSPS) is 18.9. The Morgan fingerprint density at radius 2 is 1.69 bits per heavy atom. The number of rotatable bonds is 14. The number of nitrogens with two attached hydrogens (primary N) is 1. The maximum Gasteiger partial charge on any atom is 0.276 e. The van der Waals surface area contributed by atoms with Crippen molar-refractivity contribution in [1.29, 1.82) is 0 Å². The average molecular weight is 933 g/mol. The molecular weight excluding hydrogens is 888 g/mol. The lowest BCUT2D eigenvalue weighted by atomic mass is 10.0. The van der Waals surface area contributed by atoms with Gasteiger partial charge in [-0.05, 0) is 75.7 Å². The number of carbonyl (C=O) groups is 7. The zero-order chi connectivity index (χ0) is 46.7. The number of piperazine rings is 1. The molecule has 21 heteroatoms. The molecule has 3 aliphatic rings. The van der Waals surface area contributed by atoms with Gasteiger partial charge in [0.05, 0.1) is 35.8 Å². The molecule has 340 valence electrons. The molecule has 2 fully saturated rings. The van der Waals surface area contributed by atoms with Crippen LogP contribution < -0.4 is 26.4 Å². The number of ether oxygens (including phenoxy) is 2. The summed E-state index contributed by atoms with van der Waals surface area (Å²) in [5.41, 5.74) is 7.43. The molecular formula is C44H44Cl2FN9O9. The second-order valence-electron chi connectivity index (χ2n) is 15.7. The number of imide groups is 2. The maximum atomic E-state index is 14.1. The Kier molecular flexibility index (Phi) is 13.9. The van der Waals surface area contributed by atoms with Gasteiger partial charge in [-0.1, -0.05) is 29.3 Å². The van der Waals surface area contributed by atoms with Crippen molar-refractivity contribution in [2.45, 2.75) is 64.3 Å². The van der Waals surface area contributed by atoms with E-state index in [-0.39, 0.29) is 120 Å². The topological polar surface area (TPSA) is 236 Å². The highest BCUT2D eigenvalue weighted by molar-refractivity contribution is 6.36. The minimum atomic E-state index is -1.07. The third-order valence-corrected chi connectivity index (χ3v) is 11.9. The number of nitrogens with one attached hydrogen (secondary N) is 3. The fraction of sp³-hybridized carbons (Fsp3) is 0.341. The third kappa shape index (κ3) is 9.86. The molecule has 3 aromatic carbocycles. The molecule has 1 aromatic heterocycles. The van der Waals surface area contributed by atoms with Crippen molar-refractivity contribution >= 4 is 81.7 Å². The average Bonchev–Trinajstić information content (AvgIpc) is 3.52. The van der Waals surface area contributed by atoms with E-state index in [1.54, 1.807) is 53.1 Å². The first-order chi connectivity index (χ1) is 31.0. The molecule has 2 unspecified atom stereocenters. The zero-order valence-corrected chi connectivity index (χ0v) is 36.9. The summed E-state index contributed by atoms with van der Waals surface area (Å²) in [5.74, 6) is -4.21. The number of aromatic nitrogens is 2. The monoisotopic (exact) mass is 931 g/mol. The van der Waals surface area contributed by atoms with Crippen LogP contribution in [0, 0.1) is 5.82 Å². The van der Waals surface area contributed by atoms with E-state index in [2.05, 4.69) is 26.1 Å². The molecule has 0 aliphatic carbocycles. The zero-order valence-electron chi connectivity index (χ0n) is 35.4. The Hall–Kier alpha value is -6.70. The van der Waals surface area contributed by atoms with E-state index >= 15 is 0 Å². The molecule has 2 saturated heterocycles. The van der Waals surface area contributed by atoms with E-state index in [4.69, 9.17) is 38.4 Å². The lowest BCUT2D eigenvalue weighted by Crippen LogP contribution is -2.59. The van der Waals surface area contributed by atoms with Crippen molar-refractivity contribution in [1.82, 2.24) is 30.2 Å². The number of halogens is 3. The van der Waals surface area contributed by atoms with Crippen LogP contribution in [0.4, 0.5) is 21.6 Å². The fourth-order valence-corrected chi connectivity index (χ4v) is 8.80. The fourth-order valence-electron chi connectivity index (χ4n) is 8.12. The number of nitrogen functional groups attached to an aromatic ring is 1. The van der Waals surface area contributed by atoms with Gasteiger partial charge in [-0.25, -0.2) is 4.39 Å². The first kappa shape index (κ1) is 46.3. The molecule has 7 rings (SSSR count). The SMILES string of the molecule is CC(Oc1cc(C(=O)Nc2ccc(C(=O)N3C[C@@H](C)N(C(=O)CCOCCNc4cccc5c4C(=O)N(C4CCC(=O)NC4=O)C5=O)[C@@H](C)C3)cc2)nnc1N)c1c(Cl)ccc(F)c1Cl. The summed E-state index contributed by atoms with van der Waals surface area (Å²) in [4.78, 5) is 94.9. The minimum absolute atomic E-state index is 0.00485. The molecule has 0 radical (unpaired) electrons. The number of anilines is 3. The Balaban J connectivity index is 0.857. The van der Waals surface area contributed by atoms with Crippen molar-refractivity contribution in [2.75, 3.05) is 49.2 Å². The van der Waals surface area contributed by atoms with Crippen molar-refractivity contribution in [2.24, 2.45) is 0 Å². The Morgan fingerprint density at radius 3 is 2.40 bits per heavy atom. The van der Waals surface area contributed by atoms with E-state index in [0.29, 0.717) is 16.9 Å². The molecule has 0 saturated carbocycles. The molecule has 7 amide bonds. The summed E-state index contributed by atoms with van der Waals surface area (Å²) in [6.07, 6.45) is -0.698. The van der Waals surface area contributed by atoms with Gasteiger partial charge >= 0.3 is 0 Å². The highest BCUT2D eigenvalue weighted by Crippen LogP contribution is 2.36. The summed E-state index contributed by atoms with van der Waals surface area (Å²) < 4.78 is 25.7. The van der Waals surface area contributed by atoms with E-state index in [0.717, 1.165) is 11.0 Å². The minimum Gasteiger partial charge on any atom is -0.482 e. The van der Waals surface area contributed by atoms with Gasteiger partial charge < -0.3 is 35.6 Å². The second kappa shape index (κ2) is 19.6. The van der Waals surface area contributed by atoms with Crippen LogP contribution in [0.3, 0.4) is 0 Å². The van der Waals surface area contributed by atoms with Crippen LogP contribution in [0.1, 0.15) is 93.3 Å².